The first kappa shape index (κ1) is 21.2. The summed E-state index contributed by atoms with van der Waals surface area (Å²) in [7, 11) is 0. The van der Waals surface area contributed by atoms with Crippen LogP contribution in [-0.4, -0.2) is 25.6 Å². The number of fused-ring (bicyclic) bond motifs is 1. The van der Waals surface area contributed by atoms with Gasteiger partial charge < -0.3 is 9.84 Å². The van der Waals surface area contributed by atoms with Crippen molar-refractivity contribution in [3.05, 3.63) is 101 Å². The number of aromatic nitrogens is 4. The molecule has 1 N–H and O–H groups in total. The van der Waals surface area contributed by atoms with Gasteiger partial charge in [-0.25, -0.2) is 4.39 Å². The zero-order valence-corrected chi connectivity index (χ0v) is 17.8. The number of amides is 1. The Morgan fingerprint density at radius 2 is 1.82 bits per heavy atom. The molecule has 168 valence electrons. The van der Waals surface area contributed by atoms with Gasteiger partial charge in [-0.1, -0.05) is 41.6 Å². The summed E-state index contributed by atoms with van der Waals surface area (Å²) in [6, 6.07) is 19.8. The summed E-state index contributed by atoms with van der Waals surface area (Å²) in [6.45, 7) is 0.0476. The summed E-state index contributed by atoms with van der Waals surface area (Å²) in [5.41, 5.74) is 1.94. The molecule has 0 saturated heterocycles. The number of pyridine rings is 2. The minimum atomic E-state index is -0.386. The monoisotopic (exact) mass is 455 g/mol. The van der Waals surface area contributed by atoms with E-state index in [1.54, 1.807) is 42.6 Å². The van der Waals surface area contributed by atoms with Crippen LogP contribution in [0.2, 0.25) is 0 Å². The maximum atomic E-state index is 13.1. The molecule has 3 heterocycles. The van der Waals surface area contributed by atoms with Crippen molar-refractivity contribution in [2.75, 3.05) is 0 Å². The van der Waals surface area contributed by atoms with Crippen molar-refractivity contribution in [3.8, 4) is 23.0 Å². The highest BCUT2D eigenvalue weighted by Gasteiger charge is 2.18. The number of benzene rings is 2. The number of rotatable bonds is 6. The molecule has 0 fully saturated rings. The van der Waals surface area contributed by atoms with E-state index in [-0.39, 0.29) is 36.3 Å². The molecule has 5 aromatic rings. The molecule has 0 bridgehead atoms. The van der Waals surface area contributed by atoms with Crippen LogP contribution in [0.3, 0.4) is 0 Å². The normalized spacial score (nSPS) is 11.0. The molecule has 0 unspecified atom stereocenters. The lowest BCUT2D eigenvalue weighted by Crippen LogP contribution is -2.32. The van der Waals surface area contributed by atoms with Crippen LogP contribution in [0.15, 0.2) is 88.3 Å². The second kappa shape index (κ2) is 9.07. The predicted octanol–water partition coefficient (Wildman–Crippen LogP) is 3.57. The van der Waals surface area contributed by atoms with E-state index >= 15 is 0 Å². The lowest BCUT2D eigenvalue weighted by atomic mass is 10.1. The highest BCUT2D eigenvalue weighted by molar-refractivity contribution is 5.93. The average Bonchev–Trinajstić information content (AvgIpc) is 3.36. The standard InChI is InChI=1S/C25H18FN5O3/c26-17-10-8-16(9-11-17)14-28-22(32)15-31-21-7-2-1-5-18(21)19(13-23(31)33)25-29-24(30-34-25)20-6-3-4-12-27-20/h1-13H,14-15H2,(H,28,32). The summed E-state index contributed by atoms with van der Waals surface area (Å²) in [5.74, 6) is -0.202. The minimum Gasteiger partial charge on any atom is -0.350 e. The Balaban J connectivity index is 1.44. The molecule has 0 saturated carbocycles. The van der Waals surface area contributed by atoms with Crippen molar-refractivity contribution in [1.29, 1.82) is 0 Å². The first-order valence-corrected chi connectivity index (χ1v) is 10.5. The molecule has 34 heavy (non-hydrogen) atoms. The van der Waals surface area contributed by atoms with E-state index in [9.17, 15) is 14.0 Å². The van der Waals surface area contributed by atoms with Gasteiger partial charge in [-0.3, -0.25) is 19.1 Å². The zero-order valence-electron chi connectivity index (χ0n) is 17.8. The van der Waals surface area contributed by atoms with Crippen LogP contribution in [0.5, 0.6) is 0 Å². The second-order valence-electron chi connectivity index (χ2n) is 7.54. The van der Waals surface area contributed by atoms with E-state index in [4.69, 9.17) is 4.52 Å². The Hall–Kier alpha value is -4.66. The lowest BCUT2D eigenvalue weighted by molar-refractivity contribution is -0.121. The molecule has 0 spiro atoms. The summed E-state index contributed by atoms with van der Waals surface area (Å²) < 4.78 is 19.9. The molecule has 3 aromatic heterocycles. The minimum absolute atomic E-state index is 0.177. The third-order valence-corrected chi connectivity index (χ3v) is 5.27. The van der Waals surface area contributed by atoms with Crippen LogP contribution < -0.4 is 10.9 Å². The molecule has 8 nitrogen and oxygen atoms in total. The summed E-state index contributed by atoms with van der Waals surface area (Å²) >= 11 is 0. The van der Waals surface area contributed by atoms with Crippen molar-refractivity contribution in [2.45, 2.75) is 13.1 Å². The zero-order chi connectivity index (χ0) is 23.5. The highest BCUT2D eigenvalue weighted by Crippen LogP contribution is 2.27. The van der Waals surface area contributed by atoms with Gasteiger partial charge in [0.15, 0.2) is 0 Å². The van der Waals surface area contributed by atoms with E-state index in [2.05, 4.69) is 20.4 Å². The topological polar surface area (TPSA) is 103 Å². The van der Waals surface area contributed by atoms with Crippen molar-refractivity contribution >= 4 is 16.8 Å². The van der Waals surface area contributed by atoms with Gasteiger partial charge in [0.25, 0.3) is 11.4 Å². The Morgan fingerprint density at radius 3 is 2.62 bits per heavy atom. The van der Waals surface area contributed by atoms with Crippen LogP contribution in [0.4, 0.5) is 4.39 Å². The number of nitrogens with one attached hydrogen (secondary N) is 1. The van der Waals surface area contributed by atoms with E-state index < -0.39 is 0 Å². The largest absolute Gasteiger partial charge is 0.350 e. The Morgan fingerprint density at radius 1 is 1.03 bits per heavy atom. The van der Waals surface area contributed by atoms with Gasteiger partial charge in [-0.2, -0.15) is 4.98 Å². The average molecular weight is 455 g/mol. The van der Waals surface area contributed by atoms with Gasteiger partial charge >= 0.3 is 0 Å². The SMILES string of the molecule is O=C(Cn1c(=O)cc(-c2nc(-c3ccccn3)no2)c2ccccc21)NCc1ccc(F)cc1. The smallest absolute Gasteiger partial charge is 0.259 e. The van der Waals surface area contributed by atoms with Gasteiger partial charge in [0.1, 0.15) is 18.1 Å². The fraction of sp³-hybridized carbons (Fsp3) is 0.0800. The second-order valence-corrected chi connectivity index (χ2v) is 7.54. The fourth-order valence-electron chi connectivity index (χ4n) is 3.61. The molecule has 1 amide bonds. The van der Waals surface area contributed by atoms with Gasteiger partial charge in [-0.05, 0) is 35.9 Å². The van der Waals surface area contributed by atoms with Crippen LogP contribution in [-0.2, 0) is 17.9 Å². The number of carbonyl (C=O) groups is 1. The van der Waals surface area contributed by atoms with Crippen molar-refractivity contribution < 1.29 is 13.7 Å². The van der Waals surface area contributed by atoms with Gasteiger partial charge in [0.05, 0.1) is 11.1 Å². The first-order valence-electron chi connectivity index (χ1n) is 10.5. The summed E-state index contributed by atoms with van der Waals surface area (Å²) in [6.07, 6.45) is 1.63. The number of para-hydroxylation sites is 1. The number of carbonyl (C=O) groups excluding carboxylic acids is 1. The maximum absolute atomic E-state index is 13.1. The number of nitrogens with zero attached hydrogens (tertiary/aromatic N) is 4. The summed E-state index contributed by atoms with van der Waals surface area (Å²) in [4.78, 5) is 34.2. The third-order valence-electron chi connectivity index (χ3n) is 5.27. The van der Waals surface area contributed by atoms with Crippen LogP contribution >= 0.6 is 0 Å². The molecular weight excluding hydrogens is 437 g/mol. The molecule has 0 radical (unpaired) electrons. The van der Waals surface area contributed by atoms with Crippen LogP contribution in [0.25, 0.3) is 33.9 Å². The van der Waals surface area contributed by atoms with E-state index in [1.165, 1.54) is 22.8 Å². The quantitative estimate of drug-likeness (QED) is 0.420. The predicted molar refractivity (Wildman–Crippen MR) is 123 cm³/mol. The van der Waals surface area contributed by atoms with Gasteiger partial charge in [-0.15, -0.1) is 0 Å². The highest BCUT2D eigenvalue weighted by atomic mass is 19.1. The Kier molecular flexibility index (Phi) is 5.65. The van der Waals surface area contributed by atoms with E-state index in [0.717, 1.165) is 5.56 Å². The van der Waals surface area contributed by atoms with Crippen LogP contribution in [0, 0.1) is 5.82 Å². The molecule has 2 aromatic carbocycles. The van der Waals surface area contributed by atoms with Gasteiger partial charge in [0.2, 0.25) is 11.7 Å². The lowest BCUT2D eigenvalue weighted by Gasteiger charge is -2.12. The Labute approximate surface area is 192 Å². The molecule has 9 heteroatoms. The number of halogens is 1. The molecule has 0 aliphatic heterocycles. The van der Waals surface area contributed by atoms with E-state index in [1.807, 2.05) is 18.2 Å². The first-order chi connectivity index (χ1) is 16.6. The fourth-order valence-corrected chi connectivity index (χ4v) is 3.61. The number of hydrogen-bond acceptors (Lipinski definition) is 6. The van der Waals surface area contributed by atoms with Gasteiger partial charge in [0, 0.05) is 24.2 Å². The molecule has 0 aliphatic carbocycles. The van der Waals surface area contributed by atoms with E-state index in [0.29, 0.717) is 28.0 Å². The summed E-state index contributed by atoms with van der Waals surface area (Å²) in [5, 5.41) is 7.43. The molecule has 0 atom stereocenters. The van der Waals surface area contributed by atoms with Crippen molar-refractivity contribution in [1.82, 2.24) is 25.0 Å². The van der Waals surface area contributed by atoms with Crippen LogP contribution in [0.1, 0.15) is 5.56 Å². The molecular formula is C25H18FN5O3. The third kappa shape index (κ3) is 4.31. The number of hydrogen-bond donors (Lipinski definition) is 1. The maximum Gasteiger partial charge on any atom is 0.259 e. The molecule has 0 aliphatic rings. The van der Waals surface area contributed by atoms with Crippen molar-refractivity contribution in [3.63, 3.8) is 0 Å². The molecule has 5 rings (SSSR count). The van der Waals surface area contributed by atoms with Crippen molar-refractivity contribution in [2.24, 2.45) is 0 Å². The Bertz CT molecular complexity index is 1530.